The Balaban J connectivity index is 1.90. The molecule has 1 aromatic carbocycles. The third kappa shape index (κ3) is 2.28. The number of rotatable bonds is 5. The number of unbranched alkanes of at least 4 members (excludes halogenated alkanes) is 1. The molecule has 0 saturated heterocycles. The minimum absolute atomic E-state index is 0.292. The average Bonchev–Trinajstić information content (AvgIpc) is 3.03. The fraction of sp³-hybridized carbons (Fsp3) is 0.400. The monoisotopic (exact) mass is 302 g/mol. The van der Waals surface area contributed by atoms with Crippen LogP contribution in [0.15, 0.2) is 29.1 Å². The van der Waals surface area contributed by atoms with Crippen LogP contribution >= 0.6 is 0 Å². The molecule has 22 heavy (non-hydrogen) atoms. The van der Waals surface area contributed by atoms with Gasteiger partial charge in [-0.3, -0.25) is 4.90 Å². The third-order valence-corrected chi connectivity index (χ3v) is 3.72. The summed E-state index contributed by atoms with van der Waals surface area (Å²) in [5.74, 6) is 1.14. The molecule has 1 aliphatic rings. The summed E-state index contributed by atoms with van der Waals surface area (Å²) < 4.78 is 7.69. The molecule has 0 bridgehead atoms. The number of hydrogen-bond acceptors (Lipinski definition) is 4. The summed E-state index contributed by atoms with van der Waals surface area (Å²) in [6, 6.07) is 6.82. The fourth-order valence-corrected chi connectivity index (χ4v) is 2.51. The highest BCUT2D eigenvalue weighted by atomic mass is 16.5. The summed E-state index contributed by atoms with van der Waals surface area (Å²) in [6.45, 7) is 2.88. The van der Waals surface area contributed by atoms with Crippen molar-refractivity contribution in [2.75, 3.05) is 12.0 Å². The molecule has 2 aromatic rings. The first-order valence-electron chi connectivity index (χ1n) is 7.30. The third-order valence-electron chi connectivity index (χ3n) is 3.72. The summed E-state index contributed by atoms with van der Waals surface area (Å²) in [6.07, 6.45) is 1.84. The Hall–Kier alpha value is -2.57. The van der Waals surface area contributed by atoms with Gasteiger partial charge in [-0.15, -0.1) is 0 Å². The molecule has 2 heterocycles. The van der Waals surface area contributed by atoms with Crippen LogP contribution in [0, 0.1) is 0 Å². The van der Waals surface area contributed by atoms with Gasteiger partial charge in [0.1, 0.15) is 5.75 Å². The predicted octanol–water partition coefficient (Wildman–Crippen LogP) is 1.84. The number of nitrogens with zero attached hydrogens (tertiary/aromatic N) is 4. The van der Waals surface area contributed by atoms with Crippen LogP contribution in [0.25, 0.3) is 0 Å². The summed E-state index contributed by atoms with van der Waals surface area (Å²) in [5.41, 5.74) is 0.327. The Morgan fingerprint density at radius 3 is 2.82 bits per heavy atom. The van der Waals surface area contributed by atoms with Gasteiger partial charge in [-0.2, -0.15) is 9.67 Å². The number of carbonyl (C=O) groups is 1. The van der Waals surface area contributed by atoms with E-state index in [9.17, 15) is 9.59 Å². The van der Waals surface area contributed by atoms with Crippen molar-refractivity contribution in [3.05, 3.63) is 40.6 Å². The summed E-state index contributed by atoms with van der Waals surface area (Å²) >= 11 is 0. The van der Waals surface area contributed by atoms with E-state index in [2.05, 4.69) is 5.10 Å². The zero-order chi connectivity index (χ0) is 15.7. The molecular weight excluding hydrogens is 284 g/mol. The molecule has 0 aliphatic carbocycles. The summed E-state index contributed by atoms with van der Waals surface area (Å²) in [5, 5.41) is 4.27. The minimum atomic E-state index is -0.365. The van der Waals surface area contributed by atoms with Gasteiger partial charge in [0.15, 0.2) is 5.82 Å². The molecule has 7 heteroatoms. The first-order chi connectivity index (χ1) is 10.7. The largest absolute Gasteiger partial charge is 0.497 e. The second-order valence-electron chi connectivity index (χ2n) is 5.18. The molecule has 1 aromatic heterocycles. The van der Waals surface area contributed by atoms with Gasteiger partial charge in [0.2, 0.25) is 0 Å². The lowest BCUT2D eigenvalue weighted by Gasteiger charge is -2.15. The van der Waals surface area contributed by atoms with E-state index < -0.39 is 0 Å². The van der Waals surface area contributed by atoms with Crippen LogP contribution in [0.5, 0.6) is 5.75 Å². The van der Waals surface area contributed by atoms with E-state index in [1.54, 1.807) is 19.2 Å². The topological polar surface area (TPSA) is 69.4 Å². The van der Waals surface area contributed by atoms with Crippen LogP contribution in [-0.4, -0.2) is 27.5 Å². The maximum Gasteiger partial charge on any atom is 0.354 e. The molecule has 0 saturated carbocycles. The van der Waals surface area contributed by atoms with Crippen molar-refractivity contribution < 1.29 is 9.53 Å². The van der Waals surface area contributed by atoms with Crippen LogP contribution in [0.2, 0.25) is 0 Å². The van der Waals surface area contributed by atoms with Crippen molar-refractivity contribution in [1.82, 2.24) is 14.3 Å². The Labute approximate surface area is 127 Å². The van der Waals surface area contributed by atoms with E-state index in [1.807, 2.05) is 19.1 Å². The van der Waals surface area contributed by atoms with Gasteiger partial charge < -0.3 is 4.74 Å². The quantitative estimate of drug-likeness (QED) is 0.845. The number of ether oxygens (including phenoxy) is 1. The zero-order valence-electron chi connectivity index (χ0n) is 12.7. The highest BCUT2D eigenvalue weighted by Gasteiger charge is 2.33. The Morgan fingerprint density at radius 1 is 1.32 bits per heavy atom. The van der Waals surface area contributed by atoms with Crippen molar-refractivity contribution in [1.29, 1.82) is 0 Å². The van der Waals surface area contributed by atoms with E-state index in [4.69, 9.17) is 4.74 Å². The molecule has 0 unspecified atom stereocenters. The van der Waals surface area contributed by atoms with Crippen LogP contribution in [-0.2, 0) is 13.1 Å². The lowest BCUT2D eigenvalue weighted by molar-refractivity contribution is 0.249. The van der Waals surface area contributed by atoms with E-state index in [1.165, 1.54) is 9.58 Å². The number of hydrogen-bond donors (Lipinski definition) is 0. The lowest BCUT2D eigenvalue weighted by Crippen LogP contribution is -2.34. The molecule has 0 atom stereocenters. The number of fused-ring (bicyclic) bond motifs is 1. The maximum atomic E-state index is 12.5. The first kappa shape index (κ1) is 14.4. The maximum absolute atomic E-state index is 12.5. The highest BCUT2D eigenvalue weighted by Crippen LogP contribution is 2.25. The van der Waals surface area contributed by atoms with E-state index in [-0.39, 0.29) is 11.7 Å². The van der Waals surface area contributed by atoms with Gasteiger partial charge >= 0.3 is 11.7 Å². The predicted molar refractivity (Wildman–Crippen MR) is 81.4 cm³/mol. The van der Waals surface area contributed by atoms with Crippen molar-refractivity contribution in [3.63, 3.8) is 0 Å². The van der Waals surface area contributed by atoms with Crippen LogP contribution in [0.1, 0.15) is 25.6 Å². The van der Waals surface area contributed by atoms with Gasteiger partial charge in [0.25, 0.3) is 0 Å². The first-order valence-corrected chi connectivity index (χ1v) is 7.30. The van der Waals surface area contributed by atoms with E-state index >= 15 is 0 Å². The van der Waals surface area contributed by atoms with Gasteiger partial charge in [-0.25, -0.2) is 14.3 Å². The Bertz CT molecular complexity index is 762. The normalized spacial score (nSPS) is 13.5. The molecule has 3 rings (SSSR count). The van der Waals surface area contributed by atoms with Gasteiger partial charge in [0.05, 0.1) is 13.7 Å². The number of aryl methyl sites for hydroxylation is 1. The number of anilines is 1. The van der Waals surface area contributed by atoms with Crippen molar-refractivity contribution in [2.45, 2.75) is 32.9 Å². The van der Waals surface area contributed by atoms with E-state index in [0.29, 0.717) is 30.4 Å². The van der Waals surface area contributed by atoms with E-state index in [0.717, 1.165) is 17.4 Å². The minimum Gasteiger partial charge on any atom is -0.497 e. The SMILES string of the molecule is CCCCn1nc2n(c1=O)C(=O)N(c1cccc(OC)c1)C2. The average molecular weight is 302 g/mol. The second-order valence-corrected chi connectivity index (χ2v) is 5.18. The highest BCUT2D eigenvalue weighted by molar-refractivity contribution is 5.96. The Morgan fingerprint density at radius 2 is 2.14 bits per heavy atom. The molecule has 7 nitrogen and oxygen atoms in total. The molecule has 116 valence electrons. The molecule has 1 aliphatic heterocycles. The van der Waals surface area contributed by atoms with Crippen LogP contribution < -0.4 is 15.3 Å². The molecule has 0 fully saturated rings. The lowest BCUT2D eigenvalue weighted by atomic mass is 10.3. The molecule has 0 spiro atoms. The molecule has 0 N–H and O–H groups in total. The molecule has 1 amide bonds. The molecular formula is C15H18N4O3. The van der Waals surface area contributed by atoms with Crippen LogP contribution in [0.4, 0.5) is 10.5 Å². The number of amides is 1. The summed E-state index contributed by atoms with van der Waals surface area (Å²) in [7, 11) is 1.57. The van der Waals surface area contributed by atoms with Gasteiger partial charge in [-0.05, 0) is 18.6 Å². The standard InChI is InChI=1S/C15H18N4O3/c1-3-4-8-18-15(21)19-13(16-18)10-17(14(19)20)11-6-5-7-12(9-11)22-2/h5-7,9H,3-4,8,10H2,1-2H3. The number of carbonyl (C=O) groups excluding carboxylic acids is 1. The number of benzene rings is 1. The number of aromatic nitrogens is 3. The summed E-state index contributed by atoms with van der Waals surface area (Å²) in [4.78, 5) is 26.3. The Kier molecular flexibility index (Phi) is 3.70. The van der Waals surface area contributed by atoms with Crippen molar-refractivity contribution >= 4 is 11.7 Å². The van der Waals surface area contributed by atoms with Crippen LogP contribution in [0.3, 0.4) is 0 Å². The van der Waals surface area contributed by atoms with Gasteiger partial charge in [0, 0.05) is 18.3 Å². The van der Waals surface area contributed by atoms with Gasteiger partial charge in [-0.1, -0.05) is 19.4 Å². The number of methoxy groups -OCH3 is 1. The fourth-order valence-electron chi connectivity index (χ4n) is 2.51. The van der Waals surface area contributed by atoms with Crippen molar-refractivity contribution in [2.24, 2.45) is 0 Å². The smallest absolute Gasteiger partial charge is 0.354 e. The zero-order valence-corrected chi connectivity index (χ0v) is 12.7. The molecule has 0 radical (unpaired) electrons. The second kappa shape index (κ2) is 5.67. The van der Waals surface area contributed by atoms with Crippen molar-refractivity contribution in [3.8, 4) is 5.75 Å².